The molecule has 2 radical (unpaired) electrons. The van der Waals surface area contributed by atoms with Gasteiger partial charge < -0.3 is 0 Å². The van der Waals surface area contributed by atoms with E-state index in [1.54, 1.807) is 0 Å². The van der Waals surface area contributed by atoms with Crippen LogP contribution in [0, 0.1) is 12.8 Å². The normalized spacial score (nSPS) is 16.1. The standard InChI is InChI=1S/C34H26P2.2C5H5.2Fe/c1-5-15-27(16-6-1)35(28-17-7-2-8-18-28)33-25-13-23-31(33)32-24-14-26-34(32)36(29-19-9-3-10-20-29)30-21-11-4-12-22-30;2*1-2-4-5-3-1;;/h1-26H;2*1-5H;;. The molecule has 4 aromatic rings. The van der Waals surface area contributed by atoms with Gasteiger partial charge in [-0.15, -0.1) is 0 Å². The van der Waals surface area contributed by atoms with Crippen molar-refractivity contribution < 1.29 is 34.1 Å². The van der Waals surface area contributed by atoms with E-state index in [1.807, 2.05) is 61.4 Å². The summed E-state index contributed by atoms with van der Waals surface area (Å²) in [5, 5.41) is 8.37. The van der Waals surface area contributed by atoms with Crippen LogP contribution in [0.25, 0.3) is 0 Å². The van der Waals surface area contributed by atoms with E-state index in [4.69, 9.17) is 0 Å². The second-order valence-corrected chi connectivity index (χ2v) is 15.0. The summed E-state index contributed by atoms with van der Waals surface area (Å²) < 4.78 is 0. The molecule has 48 heavy (non-hydrogen) atoms. The molecule has 4 aliphatic carbocycles. The van der Waals surface area contributed by atoms with E-state index in [9.17, 15) is 0 Å². The van der Waals surface area contributed by atoms with Crippen LogP contribution in [0.5, 0.6) is 0 Å². The Labute approximate surface area is 310 Å². The van der Waals surface area contributed by atoms with Gasteiger partial charge in [-0.05, 0) is 58.8 Å². The predicted octanol–water partition coefficient (Wildman–Crippen LogP) is 10.1. The van der Waals surface area contributed by atoms with Crippen molar-refractivity contribution in [2.24, 2.45) is 0 Å². The number of rotatable bonds is 6. The fourth-order valence-corrected chi connectivity index (χ4v) is 10.4. The zero-order chi connectivity index (χ0) is 31.2. The molecule has 238 valence electrons. The summed E-state index contributed by atoms with van der Waals surface area (Å²) in [5.41, 5.74) is 2.71. The Hall–Kier alpha value is -3.56. The molecule has 0 spiro atoms. The van der Waals surface area contributed by atoms with E-state index in [0.29, 0.717) is 0 Å². The van der Waals surface area contributed by atoms with Gasteiger partial charge in [0.05, 0.1) is 0 Å². The SMILES string of the molecule is C1=CC(=C2C=CC=C2P(c2ccccc2)c2ccccc2)C(P(c2ccccc2)c2ccccc2)=C1.[CH]1C=CC=C1.[CH]1C=CC=C1.[Fe].[Fe]. The van der Waals surface area contributed by atoms with E-state index in [2.05, 4.69) is 158 Å². The fraction of sp³-hybridized carbons (Fsp3) is 0. The molecule has 0 unspecified atom stereocenters. The van der Waals surface area contributed by atoms with Gasteiger partial charge in [-0.2, -0.15) is 0 Å². The van der Waals surface area contributed by atoms with Crippen molar-refractivity contribution in [1.82, 2.24) is 0 Å². The predicted molar refractivity (Wildman–Crippen MR) is 205 cm³/mol. The average molecular weight is 738 g/mol. The Bertz CT molecular complexity index is 1620. The van der Waals surface area contributed by atoms with Crippen LogP contribution in [-0.2, 0) is 34.1 Å². The Morgan fingerprint density at radius 1 is 0.292 bits per heavy atom. The Morgan fingerprint density at radius 3 is 0.792 bits per heavy atom. The van der Waals surface area contributed by atoms with Crippen LogP contribution in [0.1, 0.15) is 0 Å². The Balaban J connectivity index is 0.000000372. The molecule has 0 aromatic heterocycles. The molecule has 0 atom stereocenters. The summed E-state index contributed by atoms with van der Waals surface area (Å²) in [7, 11) is -1.33. The quantitative estimate of drug-likeness (QED) is 0.137. The van der Waals surface area contributed by atoms with Crippen LogP contribution in [0.3, 0.4) is 0 Å². The van der Waals surface area contributed by atoms with E-state index >= 15 is 0 Å². The third kappa shape index (κ3) is 9.75. The van der Waals surface area contributed by atoms with Gasteiger partial charge in [0.2, 0.25) is 0 Å². The zero-order valence-corrected chi connectivity index (χ0v) is 30.4. The first-order valence-electron chi connectivity index (χ1n) is 15.6. The average Bonchev–Trinajstić information content (AvgIpc) is 3.97. The molecule has 0 heterocycles. The molecule has 0 saturated heterocycles. The third-order valence-electron chi connectivity index (χ3n) is 7.53. The minimum absolute atomic E-state index is 0. The topological polar surface area (TPSA) is 0 Å². The molecule has 0 N–H and O–H groups in total. The van der Waals surface area contributed by atoms with Crippen molar-refractivity contribution in [3.63, 3.8) is 0 Å². The van der Waals surface area contributed by atoms with Crippen molar-refractivity contribution in [1.29, 1.82) is 0 Å². The number of allylic oxidation sites excluding steroid dienone is 18. The first-order valence-corrected chi connectivity index (χ1v) is 18.2. The van der Waals surface area contributed by atoms with Crippen molar-refractivity contribution in [2.75, 3.05) is 0 Å². The maximum atomic E-state index is 2.34. The van der Waals surface area contributed by atoms with Crippen LogP contribution >= 0.6 is 15.8 Å². The van der Waals surface area contributed by atoms with Gasteiger partial charge in [0.15, 0.2) is 0 Å². The molecule has 0 saturated carbocycles. The Kier molecular flexibility index (Phi) is 15.6. The minimum atomic E-state index is -0.667. The summed E-state index contributed by atoms with van der Waals surface area (Å²) in [6.45, 7) is 0. The van der Waals surface area contributed by atoms with Gasteiger partial charge in [0, 0.05) is 47.0 Å². The zero-order valence-electron chi connectivity index (χ0n) is 26.4. The summed E-state index contributed by atoms with van der Waals surface area (Å²) in [6.07, 6.45) is 33.8. The third-order valence-corrected chi connectivity index (χ3v) is 12.5. The maximum absolute atomic E-state index is 2.34. The van der Waals surface area contributed by atoms with Crippen molar-refractivity contribution in [3.05, 3.63) is 241 Å². The summed E-state index contributed by atoms with van der Waals surface area (Å²) in [6, 6.07) is 44.0. The summed E-state index contributed by atoms with van der Waals surface area (Å²) in [5.74, 6) is 0. The number of benzene rings is 4. The second-order valence-electron chi connectivity index (χ2n) is 10.6. The van der Waals surface area contributed by atoms with Crippen molar-refractivity contribution >= 4 is 37.1 Å². The first-order chi connectivity index (χ1) is 22.9. The fourth-order valence-electron chi connectivity index (χ4n) is 5.47. The molecule has 0 fully saturated rings. The summed E-state index contributed by atoms with van der Waals surface area (Å²) >= 11 is 0. The monoisotopic (exact) mass is 738 g/mol. The van der Waals surface area contributed by atoms with Gasteiger partial charge in [-0.3, -0.25) is 0 Å². The molecule has 4 aliphatic rings. The number of hydrogen-bond acceptors (Lipinski definition) is 0. The molecule has 0 nitrogen and oxygen atoms in total. The largest absolute Gasteiger partial charge is 0.0767 e. The van der Waals surface area contributed by atoms with Crippen molar-refractivity contribution in [3.8, 4) is 0 Å². The van der Waals surface area contributed by atoms with Gasteiger partial charge in [-0.25, -0.2) is 0 Å². The maximum Gasteiger partial charge on any atom is 0.00506 e. The van der Waals surface area contributed by atoms with E-state index in [1.165, 1.54) is 43.0 Å². The molecule has 4 heteroatoms. The van der Waals surface area contributed by atoms with Crippen LogP contribution in [0.2, 0.25) is 0 Å². The molecule has 0 amide bonds. The van der Waals surface area contributed by atoms with Crippen LogP contribution in [0.4, 0.5) is 0 Å². The molecule has 4 aromatic carbocycles. The van der Waals surface area contributed by atoms with Crippen LogP contribution in [0.15, 0.2) is 228 Å². The van der Waals surface area contributed by atoms with Gasteiger partial charge in [0.1, 0.15) is 0 Å². The van der Waals surface area contributed by atoms with Gasteiger partial charge in [-0.1, -0.05) is 206 Å². The molecular weight excluding hydrogens is 702 g/mol. The van der Waals surface area contributed by atoms with E-state index in [-0.39, 0.29) is 34.1 Å². The van der Waals surface area contributed by atoms with Crippen molar-refractivity contribution in [2.45, 2.75) is 0 Å². The number of hydrogen-bond donors (Lipinski definition) is 0. The Morgan fingerprint density at radius 2 is 0.562 bits per heavy atom. The smallest absolute Gasteiger partial charge is 0.00506 e. The van der Waals surface area contributed by atoms with E-state index in [0.717, 1.165) is 0 Å². The second kappa shape index (κ2) is 20.1. The first kappa shape index (κ1) is 37.3. The van der Waals surface area contributed by atoms with Crippen LogP contribution in [-0.4, -0.2) is 0 Å². The molecule has 0 aliphatic heterocycles. The van der Waals surface area contributed by atoms with Gasteiger partial charge in [0.25, 0.3) is 0 Å². The van der Waals surface area contributed by atoms with Crippen LogP contribution < -0.4 is 21.2 Å². The molecule has 0 bridgehead atoms. The summed E-state index contributed by atoms with van der Waals surface area (Å²) in [4.78, 5) is 0. The minimum Gasteiger partial charge on any atom is -0.0767 e. The van der Waals surface area contributed by atoms with E-state index < -0.39 is 15.8 Å². The van der Waals surface area contributed by atoms with Gasteiger partial charge >= 0.3 is 0 Å². The molecule has 8 rings (SSSR count). The molecular formula is C44H36Fe2P2.